The lowest BCUT2D eigenvalue weighted by molar-refractivity contribution is 0.00978. The van der Waals surface area contributed by atoms with Crippen molar-refractivity contribution in [2.45, 2.75) is 45.3 Å². The molecule has 18 heavy (non-hydrogen) atoms. The number of rotatable bonds is 7. The molecule has 0 amide bonds. The Kier molecular flexibility index (Phi) is 5.63. The van der Waals surface area contributed by atoms with Crippen LogP contribution in [0.4, 0.5) is 0 Å². The van der Waals surface area contributed by atoms with Crippen molar-refractivity contribution in [2.24, 2.45) is 5.73 Å². The van der Waals surface area contributed by atoms with E-state index in [-0.39, 0.29) is 11.6 Å². The molecule has 102 valence electrons. The highest BCUT2D eigenvalue weighted by atomic mass is 16.5. The molecule has 3 nitrogen and oxygen atoms in total. The molecule has 2 N–H and O–H groups in total. The third-order valence-electron chi connectivity index (χ3n) is 3.04. The fourth-order valence-corrected chi connectivity index (χ4v) is 1.85. The van der Waals surface area contributed by atoms with E-state index in [9.17, 15) is 0 Å². The summed E-state index contributed by atoms with van der Waals surface area (Å²) in [6.07, 6.45) is 1.75. The van der Waals surface area contributed by atoms with Crippen molar-refractivity contribution in [2.75, 3.05) is 13.7 Å². The van der Waals surface area contributed by atoms with Gasteiger partial charge < -0.3 is 15.2 Å². The molecule has 1 atom stereocenters. The molecule has 0 aliphatic rings. The maximum absolute atomic E-state index is 6.27. The first-order chi connectivity index (χ1) is 8.50. The number of nitrogens with two attached hydrogens (primary N) is 1. The van der Waals surface area contributed by atoms with Crippen LogP contribution in [0.5, 0.6) is 5.75 Å². The van der Waals surface area contributed by atoms with Crippen LogP contribution in [0.15, 0.2) is 24.3 Å². The number of ether oxygens (including phenoxy) is 2. The summed E-state index contributed by atoms with van der Waals surface area (Å²) in [5, 5.41) is 0. The second kappa shape index (κ2) is 6.76. The Labute approximate surface area is 110 Å². The highest BCUT2D eigenvalue weighted by molar-refractivity contribution is 5.35. The molecule has 1 rings (SSSR count). The zero-order chi connectivity index (χ0) is 13.6. The lowest BCUT2D eigenvalue weighted by atomic mass is 9.94. The monoisotopic (exact) mass is 251 g/mol. The van der Waals surface area contributed by atoms with Gasteiger partial charge in [-0.2, -0.15) is 0 Å². The average Bonchev–Trinajstić information content (AvgIpc) is 2.36. The summed E-state index contributed by atoms with van der Waals surface area (Å²) in [5.41, 5.74) is 7.10. The van der Waals surface area contributed by atoms with E-state index >= 15 is 0 Å². The van der Waals surface area contributed by atoms with Gasteiger partial charge in [0.2, 0.25) is 0 Å². The van der Waals surface area contributed by atoms with Crippen molar-refractivity contribution in [3.05, 3.63) is 29.8 Å². The normalized spacial score (nSPS) is 13.4. The van der Waals surface area contributed by atoms with Crippen molar-refractivity contribution in [1.29, 1.82) is 0 Å². The molecule has 0 saturated heterocycles. The van der Waals surface area contributed by atoms with Gasteiger partial charge in [-0.3, -0.25) is 0 Å². The van der Waals surface area contributed by atoms with E-state index in [2.05, 4.69) is 6.92 Å². The van der Waals surface area contributed by atoms with Gasteiger partial charge in [0.15, 0.2) is 0 Å². The smallest absolute Gasteiger partial charge is 0.124 e. The average molecular weight is 251 g/mol. The Morgan fingerprint density at radius 3 is 2.56 bits per heavy atom. The molecule has 0 aromatic heterocycles. The summed E-state index contributed by atoms with van der Waals surface area (Å²) < 4.78 is 11.2. The van der Waals surface area contributed by atoms with Crippen molar-refractivity contribution in [3.8, 4) is 5.75 Å². The lowest BCUT2D eigenvalue weighted by Gasteiger charge is -2.27. The third kappa shape index (κ3) is 4.31. The molecule has 1 aromatic carbocycles. The molecular weight excluding hydrogens is 226 g/mol. The van der Waals surface area contributed by atoms with Crippen molar-refractivity contribution >= 4 is 0 Å². The minimum atomic E-state index is -0.225. The van der Waals surface area contributed by atoms with Crippen LogP contribution in [-0.2, 0) is 4.74 Å². The number of methoxy groups -OCH3 is 1. The van der Waals surface area contributed by atoms with Gasteiger partial charge in [0.25, 0.3) is 0 Å². The highest BCUT2D eigenvalue weighted by Crippen LogP contribution is 2.30. The van der Waals surface area contributed by atoms with E-state index in [1.165, 1.54) is 0 Å². The molecule has 0 fully saturated rings. The van der Waals surface area contributed by atoms with E-state index in [4.69, 9.17) is 15.2 Å². The predicted octanol–water partition coefficient (Wildman–Crippen LogP) is 3.29. The van der Waals surface area contributed by atoms with Gasteiger partial charge in [-0.15, -0.1) is 0 Å². The molecule has 0 spiro atoms. The van der Waals surface area contributed by atoms with Crippen LogP contribution in [0.3, 0.4) is 0 Å². The standard InChI is InChI=1S/C15H25NO2/c1-5-10-18-14-9-7-6-8-12(14)13(16)11-15(2,3)17-4/h6-9,13H,5,10-11,16H2,1-4H3. The first kappa shape index (κ1) is 15.0. The van der Waals surface area contributed by atoms with E-state index < -0.39 is 0 Å². The summed E-state index contributed by atoms with van der Waals surface area (Å²) in [5.74, 6) is 0.888. The maximum atomic E-state index is 6.27. The van der Waals surface area contributed by atoms with E-state index in [0.29, 0.717) is 0 Å². The van der Waals surface area contributed by atoms with Crippen LogP contribution >= 0.6 is 0 Å². The molecule has 0 saturated carbocycles. The minimum Gasteiger partial charge on any atom is -0.493 e. The Morgan fingerprint density at radius 2 is 1.94 bits per heavy atom. The fraction of sp³-hybridized carbons (Fsp3) is 0.600. The Morgan fingerprint density at radius 1 is 1.28 bits per heavy atom. The molecule has 0 heterocycles. The number of para-hydroxylation sites is 1. The van der Waals surface area contributed by atoms with Gasteiger partial charge >= 0.3 is 0 Å². The SMILES string of the molecule is CCCOc1ccccc1C(N)CC(C)(C)OC. The van der Waals surface area contributed by atoms with Crippen LogP contribution in [0.1, 0.15) is 45.2 Å². The van der Waals surface area contributed by atoms with Crippen LogP contribution in [0, 0.1) is 0 Å². The zero-order valence-corrected chi connectivity index (χ0v) is 11.9. The molecule has 3 heteroatoms. The maximum Gasteiger partial charge on any atom is 0.124 e. The molecule has 1 unspecified atom stereocenters. The van der Waals surface area contributed by atoms with Crippen LogP contribution in [-0.4, -0.2) is 19.3 Å². The van der Waals surface area contributed by atoms with Gasteiger partial charge in [0, 0.05) is 18.7 Å². The molecule has 0 bridgehead atoms. The summed E-state index contributed by atoms with van der Waals surface area (Å²) in [6, 6.07) is 7.90. The summed E-state index contributed by atoms with van der Waals surface area (Å²) in [7, 11) is 1.71. The highest BCUT2D eigenvalue weighted by Gasteiger charge is 2.23. The van der Waals surface area contributed by atoms with Gasteiger partial charge in [-0.05, 0) is 32.8 Å². The van der Waals surface area contributed by atoms with Gasteiger partial charge in [0.05, 0.1) is 12.2 Å². The third-order valence-corrected chi connectivity index (χ3v) is 3.04. The fourth-order valence-electron chi connectivity index (χ4n) is 1.85. The summed E-state index contributed by atoms with van der Waals surface area (Å²) in [6.45, 7) is 6.90. The van der Waals surface area contributed by atoms with Gasteiger partial charge in [0.1, 0.15) is 5.75 Å². The summed E-state index contributed by atoms with van der Waals surface area (Å²) in [4.78, 5) is 0. The van der Waals surface area contributed by atoms with Crippen LogP contribution in [0.2, 0.25) is 0 Å². The van der Waals surface area contributed by atoms with Crippen molar-refractivity contribution < 1.29 is 9.47 Å². The van der Waals surface area contributed by atoms with E-state index in [1.54, 1.807) is 7.11 Å². The second-order valence-electron chi connectivity index (χ2n) is 5.16. The Hall–Kier alpha value is -1.06. The lowest BCUT2D eigenvalue weighted by Crippen LogP contribution is -2.29. The zero-order valence-electron chi connectivity index (χ0n) is 11.9. The van der Waals surface area contributed by atoms with Crippen LogP contribution in [0.25, 0.3) is 0 Å². The molecule has 0 radical (unpaired) electrons. The van der Waals surface area contributed by atoms with E-state index in [0.717, 1.165) is 30.8 Å². The van der Waals surface area contributed by atoms with Gasteiger partial charge in [-0.25, -0.2) is 0 Å². The molecule has 1 aromatic rings. The van der Waals surface area contributed by atoms with E-state index in [1.807, 2.05) is 38.1 Å². The first-order valence-corrected chi connectivity index (χ1v) is 6.52. The van der Waals surface area contributed by atoms with Crippen molar-refractivity contribution in [3.63, 3.8) is 0 Å². The Bertz CT molecular complexity index is 363. The molecule has 0 aliphatic heterocycles. The summed E-state index contributed by atoms with van der Waals surface area (Å²) >= 11 is 0. The van der Waals surface area contributed by atoms with Crippen LogP contribution < -0.4 is 10.5 Å². The predicted molar refractivity (Wildman–Crippen MR) is 74.9 cm³/mol. The minimum absolute atomic E-state index is 0.0759. The number of hydrogen-bond donors (Lipinski definition) is 1. The van der Waals surface area contributed by atoms with Gasteiger partial charge in [-0.1, -0.05) is 25.1 Å². The van der Waals surface area contributed by atoms with Crippen molar-refractivity contribution in [1.82, 2.24) is 0 Å². The quantitative estimate of drug-likeness (QED) is 0.808. The number of benzene rings is 1. The number of hydrogen-bond acceptors (Lipinski definition) is 3. The Balaban J connectivity index is 2.81. The topological polar surface area (TPSA) is 44.5 Å². The largest absolute Gasteiger partial charge is 0.493 e. The second-order valence-corrected chi connectivity index (χ2v) is 5.16. The molecule has 0 aliphatic carbocycles. The molecular formula is C15H25NO2. The first-order valence-electron chi connectivity index (χ1n) is 6.52.